The fourth-order valence-electron chi connectivity index (χ4n) is 2.53. The van der Waals surface area contributed by atoms with Crippen molar-refractivity contribution in [1.29, 1.82) is 0 Å². The Morgan fingerprint density at radius 3 is 2.71 bits per heavy atom. The lowest BCUT2D eigenvalue weighted by atomic mass is 9.96. The van der Waals surface area contributed by atoms with Crippen molar-refractivity contribution < 1.29 is 10.2 Å². The van der Waals surface area contributed by atoms with Crippen molar-refractivity contribution in [2.24, 2.45) is 5.92 Å². The summed E-state index contributed by atoms with van der Waals surface area (Å²) in [7, 11) is 0. The molecule has 2 N–H and O–H groups in total. The van der Waals surface area contributed by atoms with Gasteiger partial charge in [0, 0.05) is 6.42 Å². The number of aryl methyl sites for hydroxylation is 1. The van der Waals surface area contributed by atoms with Gasteiger partial charge in [0.05, 0.1) is 6.61 Å². The Kier molecular flexibility index (Phi) is 3.11. The normalized spacial score (nSPS) is 25.6. The van der Waals surface area contributed by atoms with Crippen LogP contribution in [-0.4, -0.2) is 16.8 Å². The fraction of sp³-hybridized carbons (Fsp3) is 0.467. The molecule has 0 saturated heterocycles. The third-order valence-corrected chi connectivity index (χ3v) is 3.30. The van der Waals surface area contributed by atoms with Crippen LogP contribution >= 0.6 is 0 Å². The Bertz CT molecular complexity index is 460. The third-order valence-electron chi connectivity index (χ3n) is 3.30. The van der Waals surface area contributed by atoms with E-state index in [4.69, 9.17) is 0 Å². The standard InChI is InChI=1S/C15H20O2/c1-10(2)6-12-8-15(17,9-16)14-5-4-11(3)7-13(12)14/h4-7,10,16-17H,8-9H2,1-3H3/b12-6+/t15-/m0/s1. The van der Waals surface area contributed by atoms with Crippen LogP contribution in [0.4, 0.5) is 0 Å². The first-order chi connectivity index (χ1) is 7.96. The highest BCUT2D eigenvalue weighted by Gasteiger charge is 2.38. The van der Waals surface area contributed by atoms with Crippen LogP contribution in [0, 0.1) is 12.8 Å². The number of fused-ring (bicyclic) bond motifs is 1. The minimum atomic E-state index is -1.09. The Hall–Kier alpha value is -1.12. The molecule has 0 spiro atoms. The molecule has 1 aliphatic rings. The average Bonchev–Trinajstić information content (AvgIpc) is 2.52. The number of benzene rings is 1. The highest BCUT2D eigenvalue weighted by atomic mass is 16.3. The summed E-state index contributed by atoms with van der Waals surface area (Å²) in [6.45, 7) is 6.07. The van der Waals surface area contributed by atoms with E-state index in [2.05, 4.69) is 26.0 Å². The lowest BCUT2D eigenvalue weighted by Crippen LogP contribution is -2.26. The zero-order valence-corrected chi connectivity index (χ0v) is 10.7. The quantitative estimate of drug-likeness (QED) is 0.823. The van der Waals surface area contributed by atoms with Crippen LogP contribution in [0.5, 0.6) is 0 Å². The molecule has 1 aromatic rings. The van der Waals surface area contributed by atoms with Gasteiger partial charge in [0.15, 0.2) is 0 Å². The van der Waals surface area contributed by atoms with Gasteiger partial charge in [-0.3, -0.25) is 0 Å². The molecule has 0 saturated carbocycles. The minimum Gasteiger partial charge on any atom is -0.393 e. The van der Waals surface area contributed by atoms with Crippen LogP contribution in [0.1, 0.15) is 37.0 Å². The number of hydrogen-bond acceptors (Lipinski definition) is 2. The summed E-state index contributed by atoms with van der Waals surface area (Å²) in [5, 5.41) is 19.9. The lowest BCUT2D eigenvalue weighted by Gasteiger charge is -2.20. The van der Waals surface area contributed by atoms with E-state index in [1.165, 1.54) is 5.56 Å². The zero-order chi connectivity index (χ0) is 12.6. The summed E-state index contributed by atoms with van der Waals surface area (Å²) in [4.78, 5) is 0. The summed E-state index contributed by atoms with van der Waals surface area (Å²) < 4.78 is 0. The van der Waals surface area contributed by atoms with Gasteiger partial charge in [0.1, 0.15) is 5.60 Å². The van der Waals surface area contributed by atoms with E-state index in [9.17, 15) is 10.2 Å². The Labute approximate surface area is 103 Å². The van der Waals surface area contributed by atoms with Gasteiger partial charge in [-0.05, 0) is 29.5 Å². The van der Waals surface area contributed by atoms with Crippen molar-refractivity contribution in [3.8, 4) is 0 Å². The van der Waals surface area contributed by atoms with Gasteiger partial charge in [-0.25, -0.2) is 0 Å². The van der Waals surface area contributed by atoms with Crippen LogP contribution < -0.4 is 0 Å². The van der Waals surface area contributed by atoms with E-state index in [1.54, 1.807) is 0 Å². The SMILES string of the molecule is Cc1ccc2c(c1)/C(=C/C(C)C)C[C@]2(O)CO. The van der Waals surface area contributed by atoms with Crippen molar-refractivity contribution in [2.75, 3.05) is 6.61 Å². The molecule has 1 atom stereocenters. The second kappa shape index (κ2) is 4.28. The summed E-state index contributed by atoms with van der Waals surface area (Å²) in [6, 6.07) is 6.01. The molecule has 2 rings (SSSR count). The van der Waals surface area contributed by atoms with Gasteiger partial charge in [0.2, 0.25) is 0 Å². The van der Waals surface area contributed by atoms with E-state index in [0.717, 1.165) is 16.7 Å². The number of hydrogen-bond donors (Lipinski definition) is 2. The number of aliphatic hydroxyl groups is 2. The van der Waals surface area contributed by atoms with E-state index in [-0.39, 0.29) is 6.61 Å². The van der Waals surface area contributed by atoms with Crippen LogP contribution in [0.2, 0.25) is 0 Å². The van der Waals surface area contributed by atoms with Crippen LogP contribution in [0.3, 0.4) is 0 Å². The van der Waals surface area contributed by atoms with Crippen molar-refractivity contribution in [3.05, 3.63) is 41.0 Å². The maximum atomic E-state index is 10.4. The fourth-order valence-corrected chi connectivity index (χ4v) is 2.53. The predicted octanol–water partition coefficient (Wildman–Crippen LogP) is 2.62. The molecule has 0 fully saturated rings. The van der Waals surface area contributed by atoms with Gasteiger partial charge in [-0.1, -0.05) is 43.7 Å². The lowest BCUT2D eigenvalue weighted by molar-refractivity contribution is -0.00987. The van der Waals surface area contributed by atoms with Gasteiger partial charge < -0.3 is 10.2 Å². The van der Waals surface area contributed by atoms with Gasteiger partial charge in [-0.2, -0.15) is 0 Å². The summed E-state index contributed by atoms with van der Waals surface area (Å²) in [6.07, 6.45) is 2.69. The smallest absolute Gasteiger partial charge is 0.117 e. The molecule has 2 heteroatoms. The maximum Gasteiger partial charge on any atom is 0.117 e. The van der Waals surface area contributed by atoms with Gasteiger partial charge >= 0.3 is 0 Å². The van der Waals surface area contributed by atoms with Gasteiger partial charge in [0.25, 0.3) is 0 Å². The molecular weight excluding hydrogens is 212 g/mol. The predicted molar refractivity (Wildman–Crippen MR) is 69.6 cm³/mol. The molecule has 0 amide bonds. The second-order valence-electron chi connectivity index (χ2n) is 5.35. The molecule has 17 heavy (non-hydrogen) atoms. The Morgan fingerprint density at radius 2 is 2.12 bits per heavy atom. The molecule has 92 valence electrons. The maximum absolute atomic E-state index is 10.4. The Morgan fingerprint density at radius 1 is 1.41 bits per heavy atom. The largest absolute Gasteiger partial charge is 0.393 e. The minimum absolute atomic E-state index is 0.224. The summed E-state index contributed by atoms with van der Waals surface area (Å²) in [5.74, 6) is 0.444. The molecule has 1 aromatic carbocycles. The molecule has 0 aromatic heterocycles. The summed E-state index contributed by atoms with van der Waals surface area (Å²) >= 11 is 0. The molecule has 0 unspecified atom stereocenters. The number of aliphatic hydroxyl groups excluding tert-OH is 1. The highest BCUT2D eigenvalue weighted by molar-refractivity contribution is 5.75. The highest BCUT2D eigenvalue weighted by Crippen LogP contribution is 2.44. The number of allylic oxidation sites excluding steroid dienone is 1. The van der Waals surface area contributed by atoms with Gasteiger partial charge in [-0.15, -0.1) is 0 Å². The average molecular weight is 232 g/mol. The number of rotatable bonds is 2. The molecule has 0 heterocycles. The van der Waals surface area contributed by atoms with Crippen molar-refractivity contribution in [3.63, 3.8) is 0 Å². The monoisotopic (exact) mass is 232 g/mol. The summed E-state index contributed by atoms with van der Waals surface area (Å²) in [5.41, 5.74) is 3.19. The second-order valence-corrected chi connectivity index (χ2v) is 5.35. The first-order valence-electron chi connectivity index (χ1n) is 6.12. The molecule has 1 aliphatic carbocycles. The zero-order valence-electron chi connectivity index (χ0n) is 10.7. The molecule has 0 radical (unpaired) electrons. The van der Waals surface area contributed by atoms with Crippen LogP contribution in [-0.2, 0) is 5.60 Å². The van der Waals surface area contributed by atoms with E-state index in [0.29, 0.717) is 12.3 Å². The first kappa shape index (κ1) is 12.3. The van der Waals surface area contributed by atoms with Crippen molar-refractivity contribution in [2.45, 2.75) is 32.8 Å². The van der Waals surface area contributed by atoms with E-state index >= 15 is 0 Å². The Balaban J connectivity index is 2.56. The topological polar surface area (TPSA) is 40.5 Å². The van der Waals surface area contributed by atoms with E-state index in [1.807, 2.05) is 19.1 Å². The molecule has 2 nitrogen and oxygen atoms in total. The molecular formula is C15H20O2. The molecule has 0 bridgehead atoms. The molecule has 0 aliphatic heterocycles. The van der Waals surface area contributed by atoms with Crippen LogP contribution in [0.15, 0.2) is 24.3 Å². The van der Waals surface area contributed by atoms with Crippen LogP contribution in [0.25, 0.3) is 5.57 Å². The third kappa shape index (κ3) is 2.15. The van der Waals surface area contributed by atoms with E-state index < -0.39 is 5.60 Å². The van der Waals surface area contributed by atoms with Crippen molar-refractivity contribution in [1.82, 2.24) is 0 Å². The van der Waals surface area contributed by atoms with Crippen molar-refractivity contribution >= 4 is 5.57 Å². The first-order valence-corrected chi connectivity index (χ1v) is 6.12.